The molecule has 8 heteroatoms. The van der Waals surface area contributed by atoms with Crippen molar-refractivity contribution >= 4 is 21.4 Å². The van der Waals surface area contributed by atoms with Gasteiger partial charge >= 0.3 is 0 Å². The summed E-state index contributed by atoms with van der Waals surface area (Å²) in [4.78, 5) is 2.24. The van der Waals surface area contributed by atoms with Crippen LogP contribution in [0.1, 0.15) is 6.42 Å². The van der Waals surface area contributed by atoms with E-state index >= 15 is 0 Å². The van der Waals surface area contributed by atoms with E-state index in [1.807, 2.05) is 12.1 Å². The van der Waals surface area contributed by atoms with Crippen molar-refractivity contribution in [2.75, 3.05) is 44.0 Å². The van der Waals surface area contributed by atoms with Crippen molar-refractivity contribution in [3.63, 3.8) is 0 Å². The first kappa shape index (κ1) is 19.3. The molecule has 1 unspecified atom stereocenters. The number of nitrogens with zero attached hydrogens (tertiary/aromatic N) is 1. The summed E-state index contributed by atoms with van der Waals surface area (Å²) in [7, 11) is 0.812. The number of benzene rings is 2. The second-order valence-corrected chi connectivity index (χ2v) is 7.91. The largest absolute Gasteiger partial charge is 0.497 e. The minimum atomic E-state index is -3.82. The maximum Gasteiger partial charge on any atom is 0.265 e. The third-order valence-corrected chi connectivity index (χ3v) is 6.03. The molecule has 3 rings (SSSR count). The molecule has 1 fully saturated rings. The van der Waals surface area contributed by atoms with Gasteiger partial charge in [-0.1, -0.05) is 0 Å². The lowest BCUT2D eigenvalue weighted by atomic mass is 10.2. The molecule has 7 nitrogen and oxygen atoms in total. The third kappa shape index (κ3) is 4.28. The van der Waals surface area contributed by atoms with Crippen LogP contribution in [0.3, 0.4) is 0 Å². The van der Waals surface area contributed by atoms with Crippen LogP contribution in [0.25, 0.3) is 0 Å². The summed E-state index contributed by atoms with van der Waals surface area (Å²) in [5, 5.41) is 0. The summed E-state index contributed by atoms with van der Waals surface area (Å²) in [6.07, 6.45) is 1.23. The van der Waals surface area contributed by atoms with Gasteiger partial charge in [-0.25, -0.2) is 8.42 Å². The van der Waals surface area contributed by atoms with Crippen molar-refractivity contribution in [3.05, 3.63) is 42.5 Å². The van der Waals surface area contributed by atoms with Gasteiger partial charge in [0.25, 0.3) is 10.0 Å². The van der Waals surface area contributed by atoms with E-state index < -0.39 is 10.0 Å². The summed E-state index contributed by atoms with van der Waals surface area (Å²) >= 11 is 0. The maximum absolute atomic E-state index is 12.8. The molecule has 1 N–H and O–H groups in total. The fourth-order valence-corrected chi connectivity index (χ4v) is 4.34. The van der Waals surface area contributed by atoms with Crippen LogP contribution in [0.2, 0.25) is 0 Å². The zero-order valence-corrected chi connectivity index (χ0v) is 16.5. The Morgan fingerprint density at radius 1 is 1.04 bits per heavy atom. The maximum atomic E-state index is 12.8. The van der Waals surface area contributed by atoms with Gasteiger partial charge in [-0.2, -0.15) is 0 Å². The smallest absolute Gasteiger partial charge is 0.265 e. The Kier molecular flexibility index (Phi) is 5.76. The molecule has 1 saturated heterocycles. The van der Waals surface area contributed by atoms with E-state index in [1.54, 1.807) is 31.4 Å². The van der Waals surface area contributed by atoms with Crippen LogP contribution in [0.15, 0.2) is 47.4 Å². The summed E-state index contributed by atoms with van der Waals surface area (Å²) in [6.45, 7) is 1.76. The highest BCUT2D eigenvalue weighted by atomic mass is 32.2. The molecule has 0 saturated carbocycles. The SMILES string of the molecule is COc1ccc(OC)c(S(=O)(=O)Nc2ccc(N3CCC(OC)C3)cc2)c1. The van der Waals surface area contributed by atoms with Crippen molar-refractivity contribution in [1.29, 1.82) is 0 Å². The highest BCUT2D eigenvalue weighted by Crippen LogP contribution is 2.30. The Bertz CT molecular complexity index is 883. The number of rotatable bonds is 7. The van der Waals surface area contributed by atoms with Crippen LogP contribution in [0, 0.1) is 0 Å². The Morgan fingerprint density at radius 3 is 2.37 bits per heavy atom. The standard InChI is InChI=1S/C19H24N2O5S/c1-24-16-8-9-18(26-3)19(12-16)27(22,23)20-14-4-6-15(7-5-14)21-11-10-17(13-21)25-2/h4-9,12,17,20H,10-11,13H2,1-3H3. The van der Waals surface area contributed by atoms with Gasteiger partial charge < -0.3 is 19.1 Å². The highest BCUT2D eigenvalue weighted by molar-refractivity contribution is 7.92. The molecule has 1 heterocycles. The van der Waals surface area contributed by atoms with Crippen molar-refractivity contribution in [3.8, 4) is 11.5 Å². The zero-order chi connectivity index (χ0) is 19.4. The molecule has 1 atom stereocenters. The molecule has 0 aliphatic carbocycles. The van der Waals surface area contributed by atoms with Gasteiger partial charge in [0.1, 0.15) is 16.4 Å². The molecule has 0 bridgehead atoms. The van der Waals surface area contributed by atoms with Crippen LogP contribution in [-0.2, 0) is 14.8 Å². The van der Waals surface area contributed by atoms with Gasteiger partial charge in [0.05, 0.1) is 20.3 Å². The van der Waals surface area contributed by atoms with Crippen molar-refractivity contribution in [2.24, 2.45) is 0 Å². The summed E-state index contributed by atoms with van der Waals surface area (Å²) < 4.78 is 43.9. The first-order chi connectivity index (χ1) is 13.0. The van der Waals surface area contributed by atoms with Gasteiger partial charge in [0.15, 0.2) is 0 Å². The Morgan fingerprint density at radius 2 is 1.78 bits per heavy atom. The minimum absolute atomic E-state index is 0.0240. The molecular formula is C19H24N2O5S. The Balaban J connectivity index is 1.78. The molecule has 2 aromatic carbocycles. The number of hydrogen-bond acceptors (Lipinski definition) is 6. The molecule has 1 aliphatic heterocycles. The number of sulfonamides is 1. The van der Waals surface area contributed by atoms with Crippen LogP contribution in [-0.4, -0.2) is 48.9 Å². The number of hydrogen-bond donors (Lipinski definition) is 1. The van der Waals surface area contributed by atoms with Crippen LogP contribution in [0.5, 0.6) is 11.5 Å². The predicted octanol–water partition coefficient (Wildman–Crippen LogP) is 2.73. The van der Waals surface area contributed by atoms with E-state index in [9.17, 15) is 8.42 Å². The Hall–Kier alpha value is -2.45. The normalized spacial score (nSPS) is 17.0. The topological polar surface area (TPSA) is 77.1 Å². The van der Waals surface area contributed by atoms with Crippen LogP contribution >= 0.6 is 0 Å². The van der Waals surface area contributed by atoms with E-state index in [-0.39, 0.29) is 16.7 Å². The van der Waals surface area contributed by atoms with Crippen LogP contribution < -0.4 is 19.1 Å². The van der Waals surface area contributed by atoms with Crippen LogP contribution in [0.4, 0.5) is 11.4 Å². The molecule has 146 valence electrons. The van der Waals surface area contributed by atoms with Gasteiger partial charge in [-0.15, -0.1) is 0 Å². The van der Waals surface area contributed by atoms with Crippen molar-refractivity contribution < 1.29 is 22.6 Å². The number of nitrogens with one attached hydrogen (secondary N) is 1. The fourth-order valence-electron chi connectivity index (χ4n) is 3.10. The second kappa shape index (κ2) is 8.06. The quantitative estimate of drug-likeness (QED) is 0.781. The Labute approximate surface area is 159 Å². The summed E-state index contributed by atoms with van der Waals surface area (Å²) in [5.41, 5.74) is 1.52. The number of anilines is 2. The minimum Gasteiger partial charge on any atom is -0.497 e. The lowest BCUT2D eigenvalue weighted by molar-refractivity contribution is 0.121. The summed E-state index contributed by atoms with van der Waals surface area (Å²) in [6, 6.07) is 12.0. The van der Waals surface area contributed by atoms with Crippen molar-refractivity contribution in [1.82, 2.24) is 0 Å². The van der Waals surface area contributed by atoms with E-state index in [0.717, 1.165) is 25.2 Å². The van der Waals surface area contributed by atoms with E-state index in [4.69, 9.17) is 14.2 Å². The molecule has 0 radical (unpaired) electrons. The lowest BCUT2D eigenvalue weighted by Gasteiger charge is -2.19. The summed E-state index contributed by atoms with van der Waals surface area (Å²) in [5.74, 6) is 0.691. The number of methoxy groups -OCH3 is 3. The first-order valence-corrected chi connectivity index (χ1v) is 10.1. The van der Waals surface area contributed by atoms with E-state index in [0.29, 0.717) is 11.4 Å². The monoisotopic (exact) mass is 392 g/mol. The molecule has 0 spiro atoms. The predicted molar refractivity (Wildman–Crippen MR) is 104 cm³/mol. The molecule has 27 heavy (non-hydrogen) atoms. The molecular weight excluding hydrogens is 368 g/mol. The van der Waals surface area contributed by atoms with E-state index in [1.165, 1.54) is 20.3 Å². The average Bonchev–Trinajstić information content (AvgIpc) is 3.17. The molecule has 0 aromatic heterocycles. The molecule has 2 aromatic rings. The molecule has 0 amide bonds. The fraction of sp³-hybridized carbons (Fsp3) is 0.368. The van der Waals surface area contributed by atoms with Gasteiger partial charge in [-0.3, -0.25) is 4.72 Å². The average molecular weight is 392 g/mol. The van der Waals surface area contributed by atoms with Gasteiger partial charge in [0.2, 0.25) is 0 Å². The van der Waals surface area contributed by atoms with Gasteiger partial charge in [-0.05, 0) is 42.8 Å². The third-order valence-electron chi connectivity index (χ3n) is 4.62. The highest BCUT2D eigenvalue weighted by Gasteiger charge is 2.23. The zero-order valence-electron chi connectivity index (χ0n) is 15.6. The number of ether oxygens (including phenoxy) is 3. The van der Waals surface area contributed by atoms with Gasteiger partial charge in [0, 0.05) is 37.6 Å². The molecule has 1 aliphatic rings. The second-order valence-electron chi connectivity index (χ2n) is 6.26. The first-order valence-electron chi connectivity index (χ1n) is 8.59. The van der Waals surface area contributed by atoms with E-state index in [2.05, 4.69) is 9.62 Å². The lowest BCUT2D eigenvalue weighted by Crippen LogP contribution is -2.22. The van der Waals surface area contributed by atoms with Crippen molar-refractivity contribution in [2.45, 2.75) is 17.4 Å².